The maximum absolute atomic E-state index is 12.3. The second-order valence-corrected chi connectivity index (χ2v) is 6.53. The van der Waals surface area contributed by atoms with Crippen molar-refractivity contribution in [3.63, 3.8) is 0 Å². The Hall–Kier alpha value is -3.66. The van der Waals surface area contributed by atoms with Crippen molar-refractivity contribution in [3.05, 3.63) is 63.5 Å². The Labute approximate surface area is 176 Å². The van der Waals surface area contributed by atoms with Crippen LogP contribution in [0.15, 0.2) is 47.0 Å². The van der Waals surface area contributed by atoms with E-state index in [9.17, 15) is 14.9 Å². The molecular formula is C19H17ClN4O6. The van der Waals surface area contributed by atoms with E-state index in [4.69, 9.17) is 25.6 Å². The predicted octanol–water partition coefficient (Wildman–Crippen LogP) is 3.34. The predicted molar refractivity (Wildman–Crippen MR) is 106 cm³/mol. The van der Waals surface area contributed by atoms with Crippen LogP contribution in [0.3, 0.4) is 0 Å². The second-order valence-electron chi connectivity index (χ2n) is 6.12. The Bertz CT molecular complexity index is 1070. The summed E-state index contributed by atoms with van der Waals surface area (Å²) < 4.78 is 15.6. The molecule has 0 bridgehead atoms. The molecule has 0 saturated carbocycles. The number of methoxy groups -OCH3 is 1. The number of rotatable bonds is 8. The summed E-state index contributed by atoms with van der Waals surface area (Å²) in [5.41, 5.74) is 0.428. The van der Waals surface area contributed by atoms with Crippen LogP contribution in [-0.4, -0.2) is 46.6 Å². The van der Waals surface area contributed by atoms with Crippen LogP contribution in [0.2, 0.25) is 5.02 Å². The van der Waals surface area contributed by atoms with Crippen LogP contribution in [0.1, 0.15) is 5.89 Å². The Morgan fingerprint density at radius 2 is 2.07 bits per heavy atom. The van der Waals surface area contributed by atoms with E-state index in [1.54, 1.807) is 31.3 Å². The molecule has 0 saturated heterocycles. The number of hydrogen-bond donors (Lipinski definition) is 0. The highest BCUT2D eigenvalue weighted by atomic mass is 35.5. The van der Waals surface area contributed by atoms with E-state index in [2.05, 4.69) is 10.1 Å². The van der Waals surface area contributed by atoms with Crippen LogP contribution in [0.5, 0.6) is 11.5 Å². The number of ether oxygens (including phenoxy) is 2. The topological polar surface area (TPSA) is 121 Å². The first-order valence-corrected chi connectivity index (χ1v) is 9.03. The van der Waals surface area contributed by atoms with Gasteiger partial charge in [-0.1, -0.05) is 28.9 Å². The number of likely N-dealkylation sites (N-methyl/N-ethyl adjacent to an activating group) is 1. The molecule has 3 aromatic rings. The number of aromatic nitrogens is 2. The number of nitrogens with zero attached hydrogens (tertiary/aromatic N) is 4. The van der Waals surface area contributed by atoms with Crippen molar-refractivity contribution < 1.29 is 23.7 Å². The SMILES string of the molecule is COc1cc(OCC(=O)N(C)Cc2nc(-c3ccccc3Cl)no2)ccc1[N+](=O)[O-]. The summed E-state index contributed by atoms with van der Waals surface area (Å²) in [5, 5.41) is 15.3. The molecule has 0 atom stereocenters. The quantitative estimate of drug-likeness (QED) is 0.392. The third-order valence-electron chi connectivity index (χ3n) is 4.09. The van der Waals surface area contributed by atoms with Gasteiger partial charge in [0.1, 0.15) is 5.75 Å². The van der Waals surface area contributed by atoms with Crippen molar-refractivity contribution in [1.82, 2.24) is 15.0 Å². The molecule has 0 spiro atoms. The molecule has 0 N–H and O–H groups in total. The summed E-state index contributed by atoms with van der Waals surface area (Å²) in [6, 6.07) is 11.1. The molecule has 10 nitrogen and oxygen atoms in total. The van der Waals surface area contributed by atoms with E-state index < -0.39 is 4.92 Å². The van der Waals surface area contributed by atoms with Gasteiger partial charge in [0.15, 0.2) is 6.61 Å². The monoisotopic (exact) mass is 432 g/mol. The summed E-state index contributed by atoms with van der Waals surface area (Å²) in [7, 11) is 2.87. The van der Waals surface area contributed by atoms with Gasteiger partial charge in [0, 0.05) is 24.7 Å². The van der Waals surface area contributed by atoms with Crippen LogP contribution in [-0.2, 0) is 11.3 Å². The fourth-order valence-electron chi connectivity index (χ4n) is 2.52. The van der Waals surface area contributed by atoms with E-state index in [1.165, 1.54) is 30.2 Å². The van der Waals surface area contributed by atoms with Crippen molar-refractivity contribution in [2.45, 2.75) is 6.54 Å². The number of nitro groups is 1. The number of amides is 1. The number of halogens is 1. The van der Waals surface area contributed by atoms with Gasteiger partial charge in [0.25, 0.3) is 5.91 Å². The zero-order chi connectivity index (χ0) is 21.7. The van der Waals surface area contributed by atoms with Gasteiger partial charge < -0.3 is 18.9 Å². The molecule has 0 unspecified atom stereocenters. The first-order chi connectivity index (χ1) is 14.4. The number of carbonyl (C=O) groups excluding carboxylic acids is 1. The van der Waals surface area contributed by atoms with Gasteiger partial charge in [0.2, 0.25) is 17.5 Å². The first kappa shape index (κ1) is 21.1. The molecule has 1 amide bonds. The van der Waals surface area contributed by atoms with Crippen molar-refractivity contribution in [2.75, 3.05) is 20.8 Å². The lowest BCUT2D eigenvalue weighted by Gasteiger charge is -2.15. The van der Waals surface area contributed by atoms with Crippen LogP contribution in [0.25, 0.3) is 11.4 Å². The zero-order valence-corrected chi connectivity index (χ0v) is 16.8. The van der Waals surface area contributed by atoms with Crippen LogP contribution in [0, 0.1) is 10.1 Å². The van der Waals surface area contributed by atoms with E-state index in [1.807, 2.05) is 0 Å². The number of benzene rings is 2. The molecule has 1 heterocycles. The summed E-state index contributed by atoms with van der Waals surface area (Å²) >= 11 is 6.12. The Morgan fingerprint density at radius 1 is 1.30 bits per heavy atom. The molecule has 0 aliphatic carbocycles. The maximum Gasteiger partial charge on any atom is 0.311 e. The van der Waals surface area contributed by atoms with E-state index in [0.29, 0.717) is 16.4 Å². The van der Waals surface area contributed by atoms with Gasteiger partial charge in [-0.15, -0.1) is 0 Å². The van der Waals surface area contributed by atoms with E-state index in [-0.39, 0.29) is 42.1 Å². The Balaban J connectivity index is 1.59. The molecule has 11 heteroatoms. The second kappa shape index (κ2) is 9.23. The largest absolute Gasteiger partial charge is 0.490 e. The highest BCUT2D eigenvalue weighted by molar-refractivity contribution is 6.33. The lowest BCUT2D eigenvalue weighted by molar-refractivity contribution is -0.385. The Kier molecular flexibility index (Phi) is 6.48. The van der Waals surface area contributed by atoms with Gasteiger partial charge in [-0.25, -0.2) is 0 Å². The highest BCUT2D eigenvalue weighted by Gasteiger charge is 2.18. The summed E-state index contributed by atoms with van der Waals surface area (Å²) in [4.78, 5) is 28.3. The number of nitro benzene ring substituents is 1. The highest BCUT2D eigenvalue weighted by Crippen LogP contribution is 2.30. The molecule has 156 valence electrons. The maximum atomic E-state index is 12.3. The minimum absolute atomic E-state index is 0.0382. The average Bonchev–Trinajstić information content (AvgIpc) is 3.20. The van der Waals surface area contributed by atoms with Gasteiger partial charge in [-0.3, -0.25) is 14.9 Å². The lowest BCUT2D eigenvalue weighted by Crippen LogP contribution is -2.31. The number of hydrogen-bond acceptors (Lipinski definition) is 8. The standard InChI is InChI=1S/C19H17ClN4O6/c1-23(10-17-21-19(22-30-17)13-5-3-4-6-14(13)20)18(25)11-29-12-7-8-15(24(26)27)16(9-12)28-2/h3-9H,10-11H2,1-2H3. The van der Waals surface area contributed by atoms with Crippen molar-refractivity contribution >= 4 is 23.2 Å². The fourth-order valence-corrected chi connectivity index (χ4v) is 2.74. The molecular weight excluding hydrogens is 416 g/mol. The van der Waals surface area contributed by atoms with Gasteiger partial charge in [-0.2, -0.15) is 4.98 Å². The van der Waals surface area contributed by atoms with Crippen LogP contribution < -0.4 is 9.47 Å². The minimum Gasteiger partial charge on any atom is -0.490 e. The Morgan fingerprint density at radius 3 is 2.77 bits per heavy atom. The van der Waals surface area contributed by atoms with Crippen LogP contribution >= 0.6 is 11.6 Å². The van der Waals surface area contributed by atoms with Gasteiger partial charge >= 0.3 is 5.69 Å². The summed E-state index contributed by atoms with van der Waals surface area (Å²) in [6.45, 7) is -0.216. The molecule has 0 radical (unpaired) electrons. The molecule has 0 fully saturated rings. The molecule has 3 rings (SSSR count). The van der Waals surface area contributed by atoms with Crippen molar-refractivity contribution in [2.24, 2.45) is 0 Å². The fraction of sp³-hybridized carbons (Fsp3) is 0.211. The third-order valence-corrected chi connectivity index (χ3v) is 4.42. The summed E-state index contributed by atoms with van der Waals surface area (Å²) in [6.07, 6.45) is 0. The van der Waals surface area contributed by atoms with Crippen molar-refractivity contribution in [3.8, 4) is 22.9 Å². The van der Waals surface area contributed by atoms with E-state index in [0.717, 1.165) is 0 Å². The zero-order valence-electron chi connectivity index (χ0n) is 16.1. The third kappa shape index (κ3) is 4.84. The molecule has 0 aliphatic heterocycles. The smallest absolute Gasteiger partial charge is 0.311 e. The molecule has 1 aromatic heterocycles. The average molecular weight is 433 g/mol. The normalized spacial score (nSPS) is 10.5. The molecule has 0 aliphatic rings. The van der Waals surface area contributed by atoms with Gasteiger partial charge in [0.05, 0.1) is 23.6 Å². The van der Waals surface area contributed by atoms with Crippen molar-refractivity contribution in [1.29, 1.82) is 0 Å². The summed E-state index contributed by atoms with van der Waals surface area (Å²) in [5.74, 6) is 0.502. The van der Waals surface area contributed by atoms with E-state index >= 15 is 0 Å². The molecule has 30 heavy (non-hydrogen) atoms. The number of carbonyl (C=O) groups is 1. The molecule has 2 aromatic carbocycles. The van der Waals surface area contributed by atoms with Crippen LogP contribution in [0.4, 0.5) is 5.69 Å². The van der Waals surface area contributed by atoms with Gasteiger partial charge in [-0.05, 0) is 18.2 Å². The lowest BCUT2D eigenvalue weighted by atomic mass is 10.2. The minimum atomic E-state index is -0.567. The first-order valence-electron chi connectivity index (χ1n) is 8.65.